The number of fused-ring (bicyclic) bond motifs is 1. The molecule has 0 unspecified atom stereocenters. The SMILES string of the molecule is Cc1ccc(C(=O)Nc2ccc3c(c2)nc(CN2CCN(C)CC2)n3C)cc1. The van der Waals surface area contributed by atoms with Gasteiger partial charge in [-0.15, -0.1) is 0 Å². The van der Waals surface area contributed by atoms with Crippen LogP contribution in [0, 0.1) is 6.92 Å². The number of carbonyl (C=O) groups is 1. The largest absolute Gasteiger partial charge is 0.330 e. The summed E-state index contributed by atoms with van der Waals surface area (Å²) in [6.45, 7) is 7.19. The van der Waals surface area contributed by atoms with Crippen molar-refractivity contribution in [2.24, 2.45) is 7.05 Å². The first-order valence-electron chi connectivity index (χ1n) is 9.74. The molecule has 6 nitrogen and oxygen atoms in total. The molecule has 0 saturated carbocycles. The molecule has 146 valence electrons. The van der Waals surface area contributed by atoms with Gasteiger partial charge in [-0.2, -0.15) is 0 Å². The number of imidazole rings is 1. The molecule has 28 heavy (non-hydrogen) atoms. The number of hydrogen-bond acceptors (Lipinski definition) is 4. The summed E-state index contributed by atoms with van der Waals surface area (Å²) in [5.41, 5.74) is 4.55. The molecule has 1 N–H and O–H groups in total. The summed E-state index contributed by atoms with van der Waals surface area (Å²) in [7, 11) is 4.23. The van der Waals surface area contributed by atoms with Crippen molar-refractivity contribution >= 4 is 22.6 Å². The van der Waals surface area contributed by atoms with E-state index in [4.69, 9.17) is 4.98 Å². The fraction of sp³-hybridized carbons (Fsp3) is 0.364. The Balaban J connectivity index is 1.51. The van der Waals surface area contributed by atoms with Crippen molar-refractivity contribution in [1.29, 1.82) is 0 Å². The number of aryl methyl sites for hydroxylation is 2. The summed E-state index contributed by atoms with van der Waals surface area (Å²) in [4.78, 5) is 22.1. The first-order valence-corrected chi connectivity index (χ1v) is 9.74. The Bertz CT molecular complexity index is 984. The van der Waals surface area contributed by atoms with Crippen LogP contribution in [-0.4, -0.2) is 58.5 Å². The molecule has 1 aliphatic heterocycles. The minimum absolute atomic E-state index is 0.104. The van der Waals surface area contributed by atoms with Gasteiger partial charge in [-0.1, -0.05) is 17.7 Å². The maximum absolute atomic E-state index is 12.5. The number of hydrogen-bond donors (Lipinski definition) is 1. The smallest absolute Gasteiger partial charge is 0.255 e. The lowest BCUT2D eigenvalue weighted by Gasteiger charge is -2.31. The molecular weight excluding hydrogens is 350 g/mol. The molecule has 2 aromatic carbocycles. The minimum Gasteiger partial charge on any atom is -0.330 e. The molecule has 2 heterocycles. The third kappa shape index (κ3) is 3.93. The van der Waals surface area contributed by atoms with E-state index >= 15 is 0 Å². The summed E-state index contributed by atoms with van der Waals surface area (Å²) >= 11 is 0. The van der Waals surface area contributed by atoms with E-state index in [0.717, 1.165) is 60.8 Å². The van der Waals surface area contributed by atoms with Crippen molar-refractivity contribution in [1.82, 2.24) is 19.4 Å². The quantitative estimate of drug-likeness (QED) is 0.760. The molecule has 4 rings (SSSR count). The van der Waals surface area contributed by atoms with Gasteiger partial charge in [-0.3, -0.25) is 9.69 Å². The standard InChI is InChI=1S/C22H27N5O/c1-16-4-6-17(7-5-16)22(28)23-18-8-9-20-19(14-18)24-21(26(20)3)15-27-12-10-25(2)11-13-27/h4-9,14H,10-13,15H2,1-3H3,(H,23,28). The molecule has 1 fully saturated rings. The van der Waals surface area contributed by atoms with Gasteiger partial charge < -0.3 is 14.8 Å². The van der Waals surface area contributed by atoms with E-state index in [1.54, 1.807) is 0 Å². The summed E-state index contributed by atoms with van der Waals surface area (Å²) in [5, 5.41) is 2.98. The van der Waals surface area contributed by atoms with E-state index in [1.807, 2.05) is 49.4 Å². The summed E-state index contributed by atoms with van der Waals surface area (Å²) in [5.74, 6) is 0.953. The van der Waals surface area contributed by atoms with Gasteiger partial charge in [0.25, 0.3) is 5.91 Å². The fourth-order valence-corrected chi connectivity index (χ4v) is 3.58. The lowest BCUT2D eigenvalue weighted by molar-refractivity contribution is 0.102. The number of rotatable bonds is 4. The van der Waals surface area contributed by atoms with Crippen LogP contribution in [0.4, 0.5) is 5.69 Å². The van der Waals surface area contributed by atoms with Crippen LogP contribution in [0.15, 0.2) is 42.5 Å². The maximum Gasteiger partial charge on any atom is 0.255 e. The second-order valence-electron chi connectivity index (χ2n) is 7.69. The fourth-order valence-electron chi connectivity index (χ4n) is 3.58. The van der Waals surface area contributed by atoms with E-state index in [9.17, 15) is 4.79 Å². The van der Waals surface area contributed by atoms with E-state index < -0.39 is 0 Å². The van der Waals surface area contributed by atoms with Crippen molar-refractivity contribution in [2.75, 3.05) is 38.5 Å². The Hall–Kier alpha value is -2.70. The lowest BCUT2D eigenvalue weighted by Crippen LogP contribution is -2.44. The highest BCUT2D eigenvalue weighted by Gasteiger charge is 2.17. The third-order valence-electron chi connectivity index (χ3n) is 5.51. The number of carbonyl (C=O) groups excluding carboxylic acids is 1. The number of anilines is 1. The minimum atomic E-state index is -0.104. The monoisotopic (exact) mass is 377 g/mol. The highest BCUT2D eigenvalue weighted by Crippen LogP contribution is 2.21. The second-order valence-corrected chi connectivity index (χ2v) is 7.69. The number of likely N-dealkylation sites (N-methyl/N-ethyl adjacent to an activating group) is 1. The van der Waals surface area contributed by atoms with Crippen molar-refractivity contribution in [3.05, 3.63) is 59.4 Å². The van der Waals surface area contributed by atoms with Crippen molar-refractivity contribution < 1.29 is 4.79 Å². The molecule has 0 spiro atoms. The van der Waals surface area contributed by atoms with Crippen LogP contribution in [0.3, 0.4) is 0 Å². The van der Waals surface area contributed by atoms with E-state index in [-0.39, 0.29) is 5.91 Å². The average molecular weight is 377 g/mol. The van der Waals surface area contributed by atoms with Gasteiger partial charge in [0.1, 0.15) is 5.82 Å². The molecule has 1 amide bonds. The van der Waals surface area contributed by atoms with E-state index in [0.29, 0.717) is 5.56 Å². The number of nitrogens with one attached hydrogen (secondary N) is 1. The first-order chi connectivity index (χ1) is 13.5. The van der Waals surface area contributed by atoms with Gasteiger partial charge in [0, 0.05) is 44.5 Å². The number of amides is 1. The highest BCUT2D eigenvalue weighted by molar-refractivity contribution is 6.05. The van der Waals surface area contributed by atoms with Crippen LogP contribution >= 0.6 is 0 Å². The van der Waals surface area contributed by atoms with Crippen LogP contribution in [-0.2, 0) is 13.6 Å². The first kappa shape index (κ1) is 18.7. The third-order valence-corrected chi connectivity index (χ3v) is 5.51. The predicted molar refractivity (Wildman–Crippen MR) is 113 cm³/mol. The lowest BCUT2D eigenvalue weighted by atomic mass is 10.1. The average Bonchev–Trinajstić information content (AvgIpc) is 2.99. The molecule has 3 aromatic rings. The Labute approximate surface area is 165 Å². The van der Waals surface area contributed by atoms with Crippen molar-refractivity contribution in [3.63, 3.8) is 0 Å². The number of nitrogens with zero attached hydrogens (tertiary/aromatic N) is 4. The molecular formula is C22H27N5O. The van der Waals surface area contributed by atoms with Crippen molar-refractivity contribution in [3.8, 4) is 0 Å². The normalized spacial score (nSPS) is 15.8. The Morgan fingerprint density at radius 3 is 2.46 bits per heavy atom. The summed E-state index contributed by atoms with van der Waals surface area (Å²) in [6, 6.07) is 13.5. The van der Waals surface area contributed by atoms with E-state index in [2.05, 4.69) is 33.8 Å². The number of piperazine rings is 1. The zero-order valence-electron chi connectivity index (χ0n) is 16.8. The van der Waals surface area contributed by atoms with Gasteiger partial charge in [0.05, 0.1) is 17.6 Å². The highest BCUT2D eigenvalue weighted by atomic mass is 16.1. The molecule has 0 aliphatic carbocycles. The molecule has 6 heteroatoms. The molecule has 0 atom stereocenters. The molecule has 1 aromatic heterocycles. The van der Waals surface area contributed by atoms with Crippen molar-refractivity contribution in [2.45, 2.75) is 13.5 Å². The molecule has 0 bridgehead atoms. The van der Waals surface area contributed by atoms with Gasteiger partial charge in [0.2, 0.25) is 0 Å². The van der Waals surface area contributed by atoms with E-state index in [1.165, 1.54) is 0 Å². The van der Waals surface area contributed by atoms with Gasteiger partial charge in [0.15, 0.2) is 0 Å². The number of aromatic nitrogens is 2. The Morgan fingerprint density at radius 2 is 1.75 bits per heavy atom. The number of benzene rings is 2. The van der Waals surface area contributed by atoms with Gasteiger partial charge >= 0.3 is 0 Å². The second kappa shape index (κ2) is 7.73. The predicted octanol–water partition coefficient (Wildman–Crippen LogP) is 2.88. The van der Waals surface area contributed by atoms with Gasteiger partial charge in [-0.05, 0) is 44.3 Å². The van der Waals surface area contributed by atoms with Gasteiger partial charge in [-0.25, -0.2) is 4.98 Å². The van der Waals surface area contributed by atoms with Crippen LogP contribution in [0.2, 0.25) is 0 Å². The van der Waals surface area contributed by atoms with Crippen LogP contribution in [0.1, 0.15) is 21.7 Å². The molecule has 1 aliphatic rings. The molecule has 0 radical (unpaired) electrons. The zero-order chi connectivity index (χ0) is 19.7. The van der Waals surface area contributed by atoms with Crippen LogP contribution < -0.4 is 5.32 Å². The Morgan fingerprint density at radius 1 is 1.04 bits per heavy atom. The summed E-state index contributed by atoms with van der Waals surface area (Å²) in [6.07, 6.45) is 0. The Kier molecular flexibility index (Phi) is 5.15. The maximum atomic E-state index is 12.5. The van der Waals surface area contributed by atoms with Crippen LogP contribution in [0.5, 0.6) is 0 Å². The van der Waals surface area contributed by atoms with Crippen LogP contribution in [0.25, 0.3) is 11.0 Å². The zero-order valence-corrected chi connectivity index (χ0v) is 16.8. The molecule has 1 saturated heterocycles. The summed E-state index contributed by atoms with van der Waals surface area (Å²) < 4.78 is 2.15. The topological polar surface area (TPSA) is 53.4 Å².